The largest absolute Gasteiger partial charge is 0.396 e. The molecular weight excluding hydrogens is 257 g/mol. The first kappa shape index (κ1) is 13.5. The zero-order valence-electron chi connectivity index (χ0n) is 9.92. The highest BCUT2D eigenvalue weighted by molar-refractivity contribution is 7.89. The summed E-state index contributed by atoms with van der Waals surface area (Å²) in [5, 5.41) is 9.11. The van der Waals surface area contributed by atoms with Gasteiger partial charge in [-0.2, -0.15) is 4.31 Å². The van der Waals surface area contributed by atoms with Gasteiger partial charge in [-0.25, -0.2) is 12.8 Å². The molecule has 1 aliphatic heterocycles. The van der Waals surface area contributed by atoms with E-state index in [0.29, 0.717) is 13.1 Å². The minimum atomic E-state index is -3.57. The van der Waals surface area contributed by atoms with Crippen molar-refractivity contribution in [2.45, 2.75) is 17.7 Å². The summed E-state index contributed by atoms with van der Waals surface area (Å²) in [5.74, 6) is -0.463. The van der Waals surface area contributed by atoms with E-state index in [2.05, 4.69) is 0 Å². The molecule has 1 N–H and O–H groups in total. The summed E-state index contributed by atoms with van der Waals surface area (Å²) in [6, 6.07) is 4.82. The molecule has 1 aromatic rings. The highest BCUT2D eigenvalue weighted by Gasteiger charge is 2.29. The Morgan fingerprint density at radius 2 is 2.00 bits per heavy atom. The van der Waals surface area contributed by atoms with E-state index in [0.717, 1.165) is 25.0 Å². The third kappa shape index (κ3) is 2.71. The number of halogens is 1. The van der Waals surface area contributed by atoms with Gasteiger partial charge in [0, 0.05) is 19.7 Å². The van der Waals surface area contributed by atoms with Crippen molar-refractivity contribution in [1.82, 2.24) is 4.31 Å². The molecule has 0 aliphatic carbocycles. The number of aliphatic hydroxyl groups is 1. The molecule has 0 saturated carbocycles. The van der Waals surface area contributed by atoms with Gasteiger partial charge >= 0.3 is 0 Å². The van der Waals surface area contributed by atoms with Gasteiger partial charge in [-0.15, -0.1) is 0 Å². The Morgan fingerprint density at radius 1 is 1.33 bits per heavy atom. The Balaban J connectivity index is 2.22. The van der Waals surface area contributed by atoms with E-state index < -0.39 is 15.8 Å². The Labute approximate surface area is 106 Å². The maximum absolute atomic E-state index is 12.8. The molecular formula is C12H16FNO3S. The van der Waals surface area contributed by atoms with Crippen molar-refractivity contribution in [2.24, 2.45) is 5.92 Å². The van der Waals surface area contributed by atoms with Crippen molar-refractivity contribution in [2.75, 3.05) is 19.7 Å². The standard InChI is InChI=1S/C12H16FNO3S/c13-11-3-5-12(6-4-11)18(16,17)14-7-1-2-10(8-14)9-15/h3-6,10,15H,1-2,7-9H2/t10-/m0/s1. The quantitative estimate of drug-likeness (QED) is 0.901. The number of hydrogen-bond donors (Lipinski definition) is 1. The Bertz CT molecular complexity index is 501. The van der Waals surface area contributed by atoms with Crippen LogP contribution in [-0.2, 0) is 10.0 Å². The van der Waals surface area contributed by atoms with Crippen LogP contribution in [0.15, 0.2) is 29.2 Å². The van der Waals surface area contributed by atoms with Crippen molar-refractivity contribution in [3.8, 4) is 0 Å². The van der Waals surface area contributed by atoms with Crippen LogP contribution in [0.2, 0.25) is 0 Å². The van der Waals surface area contributed by atoms with E-state index in [1.54, 1.807) is 0 Å². The lowest BCUT2D eigenvalue weighted by molar-refractivity contribution is 0.165. The molecule has 0 aromatic heterocycles. The van der Waals surface area contributed by atoms with Gasteiger partial charge in [-0.3, -0.25) is 0 Å². The van der Waals surface area contributed by atoms with Crippen LogP contribution in [-0.4, -0.2) is 37.5 Å². The molecule has 2 rings (SSSR count). The minimum absolute atomic E-state index is 0.00453. The maximum Gasteiger partial charge on any atom is 0.243 e. The zero-order valence-corrected chi connectivity index (χ0v) is 10.7. The fraction of sp³-hybridized carbons (Fsp3) is 0.500. The molecule has 4 nitrogen and oxygen atoms in total. The summed E-state index contributed by atoms with van der Waals surface area (Å²) in [6.07, 6.45) is 1.58. The minimum Gasteiger partial charge on any atom is -0.396 e. The van der Waals surface area contributed by atoms with Gasteiger partial charge in [0.05, 0.1) is 4.90 Å². The molecule has 0 amide bonds. The molecule has 1 atom stereocenters. The second-order valence-corrected chi connectivity index (χ2v) is 6.45. The van der Waals surface area contributed by atoms with Gasteiger partial charge in [0.25, 0.3) is 0 Å². The second-order valence-electron chi connectivity index (χ2n) is 4.51. The average Bonchev–Trinajstić information content (AvgIpc) is 2.39. The number of nitrogens with zero attached hydrogens (tertiary/aromatic N) is 1. The Kier molecular flexibility index (Phi) is 3.99. The van der Waals surface area contributed by atoms with Gasteiger partial charge in [0.1, 0.15) is 5.82 Å². The predicted octanol–water partition coefficient (Wildman–Crippen LogP) is 1.22. The van der Waals surface area contributed by atoms with Gasteiger partial charge < -0.3 is 5.11 Å². The molecule has 1 aliphatic rings. The highest BCUT2D eigenvalue weighted by atomic mass is 32.2. The van der Waals surface area contributed by atoms with Crippen LogP contribution in [0.4, 0.5) is 4.39 Å². The summed E-state index contributed by atoms with van der Waals surface area (Å²) >= 11 is 0. The van der Waals surface area contributed by atoms with E-state index in [1.165, 1.54) is 16.4 Å². The van der Waals surface area contributed by atoms with E-state index in [4.69, 9.17) is 5.11 Å². The lowest BCUT2D eigenvalue weighted by atomic mass is 10.0. The monoisotopic (exact) mass is 273 g/mol. The fourth-order valence-corrected chi connectivity index (χ4v) is 3.70. The van der Waals surface area contributed by atoms with Crippen LogP contribution in [0.25, 0.3) is 0 Å². The molecule has 0 radical (unpaired) electrons. The van der Waals surface area contributed by atoms with Crippen LogP contribution in [0, 0.1) is 11.7 Å². The van der Waals surface area contributed by atoms with Gasteiger partial charge in [-0.05, 0) is 43.0 Å². The van der Waals surface area contributed by atoms with Crippen LogP contribution in [0.3, 0.4) is 0 Å². The first-order valence-electron chi connectivity index (χ1n) is 5.90. The van der Waals surface area contributed by atoms with Crippen molar-refractivity contribution >= 4 is 10.0 Å². The predicted molar refractivity (Wildman–Crippen MR) is 65.0 cm³/mol. The van der Waals surface area contributed by atoms with E-state index in [-0.39, 0.29) is 17.4 Å². The van der Waals surface area contributed by atoms with Gasteiger partial charge in [-0.1, -0.05) is 0 Å². The van der Waals surface area contributed by atoms with Gasteiger partial charge in [0.2, 0.25) is 10.0 Å². The zero-order chi connectivity index (χ0) is 13.2. The molecule has 1 heterocycles. The topological polar surface area (TPSA) is 57.6 Å². The van der Waals surface area contributed by atoms with Crippen molar-refractivity contribution in [3.05, 3.63) is 30.1 Å². The SMILES string of the molecule is O=S(=O)(c1ccc(F)cc1)N1CCC[C@H](CO)C1. The summed E-state index contributed by atoms with van der Waals surface area (Å²) in [5.41, 5.74) is 0. The van der Waals surface area contributed by atoms with Crippen LogP contribution in [0.5, 0.6) is 0 Å². The molecule has 1 aromatic carbocycles. The van der Waals surface area contributed by atoms with Crippen LogP contribution >= 0.6 is 0 Å². The third-order valence-electron chi connectivity index (χ3n) is 3.19. The number of rotatable bonds is 3. The number of aliphatic hydroxyl groups excluding tert-OH is 1. The lowest BCUT2D eigenvalue weighted by Gasteiger charge is -2.30. The molecule has 1 saturated heterocycles. The normalized spacial score (nSPS) is 22.0. The second kappa shape index (κ2) is 5.34. The van der Waals surface area contributed by atoms with Gasteiger partial charge in [0.15, 0.2) is 0 Å². The average molecular weight is 273 g/mol. The third-order valence-corrected chi connectivity index (χ3v) is 5.07. The van der Waals surface area contributed by atoms with Crippen LogP contribution < -0.4 is 0 Å². The number of sulfonamides is 1. The van der Waals surface area contributed by atoms with E-state index in [1.807, 2.05) is 0 Å². The molecule has 0 unspecified atom stereocenters. The smallest absolute Gasteiger partial charge is 0.243 e. The fourth-order valence-electron chi connectivity index (χ4n) is 2.15. The first-order chi connectivity index (χ1) is 8.54. The summed E-state index contributed by atoms with van der Waals surface area (Å²) in [6.45, 7) is 0.780. The van der Waals surface area contributed by atoms with Crippen LogP contribution in [0.1, 0.15) is 12.8 Å². The first-order valence-corrected chi connectivity index (χ1v) is 7.34. The summed E-state index contributed by atoms with van der Waals surface area (Å²) < 4.78 is 38.7. The molecule has 6 heteroatoms. The Morgan fingerprint density at radius 3 is 2.61 bits per heavy atom. The lowest BCUT2D eigenvalue weighted by Crippen LogP contribution is -2.40. The summed E-state index contributed by atoms with van der Waals surface area (Å²) in [4.78, 5) is 0.0995. The molecule has 0 bridgehead atoms. The number of piperidine rings is 1. The van der Waals surface area contributed by atoms with Crippen molar-refractivity contribution < 1.29 is 17.9 Å². The van der Waals surface area contributed by atoms with Crippen molar-refractivity contribution in [1.29, 1.82) is 0 Å². The number of benzene rings is 1. The molecule has 100 valence electrons. The summed E-state index contributed by atoms with van der Waals surface area (Å²) in [7, 11) is -3.57. The highest BCUT2D eigenvalue weighted by Crippen LogP contribution is 2.23. The van der Waals surface area contributed by atoms with Crippen molar-refractivity contribution in [3.63, 3.8) is 0 Å². The number of hydrogen-bond acceptors (Lipinski definition) is 3. The maximum atomic E-state index is 12.8. The van der Waals surface area contributed by atoms with E-state index >= 15 is 0 Å². The molecule has 1 fully saturated rings. The van der Waals surface area contributed by atoms with E-state index in [9.17, 15) is 12.8 Å². The molecule has 0 spiro atoms. The molecule has 18 heavy (non-hydrogen) atoms. The Hall–Kier alpha value is -0.980.